The number of hydrogen-bond acceptors (Lipinski definition) is 4. The Morgan fingerprint density at radius 1 is 1.33 bits per heavy atom. The summed E-state index contributed by atoms with van der Waals surface area (Å²) in [6.45, 7) is 8.69. The minimum absolute atomic E-state index is 0.0196. The Morgan fingerprint density at radius 3 is 2.62 bits per heavy atom. The summed E-state index contributed by atoms with van der Waals surface area (Å²) in [5.74, 6) is -0.219. The van der Waals surface area contributed by atoms with Gasteiger partial charge >= 0.3 is 0 Å². The zero-order valence-corrected chi connectivity index (χ0v) is 16.4. The lowest BCUT2D eigenvalue weighted by Crippen LogP contribution is -3.03. The molecule has 3 heterocycles. The molecule has 1 aliphatic heterocycles. The number of halogens is 1. The van der Waals surface area contributed by atoms with Crippen molar-refractivity contribution in [3.8, 4) is 6.07 Å². The number of nitrogens with zero attached hydrogens (tertiary/aromatic N) is 1. The van der Waals surface area contributed by atoms with E-state index in [-0.39, 0.29) is 17.0 Å². The summed E-state index contributed by atoms with van der Waals surface area (Å²) in [7, 11) is 0. The molecule has 2 aromatic rings. The van der Waals surface area contributed by atoms with Gasteiger partial charge in [0.25, 0.3) is 5.91 Å². The van der Waals surface area contributed by atoms with E-state index in [1.165, 1.54) is 22.7 Å². The molecule has 3 N–H and O–H groups in total. The van der Waals surface area contributed by atoms with E-state index >= 15 is 0 Å². The van der Waals surface area contributed by atoms with Gasteiger partial charge in [0.05, 0.1) is 25.2 Å². The molecule has 0 unspecified atom stereocenters. The summed E-state index contributed by atoms with van der Waals surface area (Å²) >= 11 is 8.64. The van der Waals surface area contributed by atoms with Gasteiger partial charge in [0.1, 0.15) is 16.6 Å². The Labute approximate surface area is 154 Å². The maximum Gasteiger partial charge on any atom is 0.266 e. The average molecular weight is 381 g/mol. The van der Waals surface area contributed by atoms with Crippen molar-refractivity contribution in [1.82, 2.24) is 0 Å². The molecule has 0 spiro atoms. The molecule has 0 fully saturated rings. The maximum absolute atomic E-state index is 12.4. The van der Waals surface area contributed by atoms with Crippen molar-refractivity contribution in [3.05, 3.63) is 37.4 Å². The van der Waals surface area contributed by atoms with Gasteiger partial charge in [0.2, 0.25) is 0 Å². The topological polar surface area (TPSA) is 69.5 Å². The third kappa shape index (κ3) is 3.09. The van der Waals surface area contributed by atoms with Gasteiger partial charge in [0, 0.05) is 6.42 Å². The van der Waals surface area contributed by atoms with Crippen molar-refractivity contribution in [1.29, 1.82) is 5.26 Å². The van der Waals surface area contributed by atoms with Gasteiger partial charge in [-0.3, -0.25) is 4.79 Å². The highest BCUT2D eigenvalue weighted by Gasteiger charge is 2.44. The van der Waals surface area contributed by atoms with Gasteiger partial charge in [-0.25, -0.2) is 0 Å². The van der Waals surface area contributed by atoms with Crippen LogP contribution < -0.4 is 10.6 Å². The average Bonchev–Trinajstić information content (AvgIpc) is 3.01. The zero-order valence-electron chi connectivity index (χ0n) is 14.0. The van der Waals surface area contributed by atoms with Gasteiger partial charge in [-0.15, -0.1) is 22.7 Å². The summed E-state index contributed by atoms with van der Waals surface area (Å²) in [5.41, 5.74) is 1.56. The van der Waals surface area contributed by atoms with Crippen LogP contribution in [0.3, 0.4) is 0 Å². The monoisotopic (exact) mass is 380 g/mol. The van der Waals surface area contributed by atoms with E-state index in [1.807, 2.05) is 0 Å². The molecule has 0 bridgehead atoms. The number of nitrogens with two attached hydrogens (primary N) is 1. The van der Waals surface area contributed by atoms with Gasteiger partial charge in [-0.1, -0.05) is 11.6 Å². The number of carbonyl (C=O) groups excluding carboxylic acids is 1. The maximum atomic E-state index is 12.4. The third-order valence-electron chi connectivity index (χ3n) is 4.11. The predicted octanol–water partition coefficient (Wildman–Crippen LogP) is 3.72. The van der Waals surface area contributed by atoms with E-state index in [4.69, 9.17) is 11.6 Å². The minimum atomic E-state index is -0.219. The molecule has 2 aromatic heterocycles. The van der Waals surface area contributed by atoms with Gasteiger partial charge < -0.3 is 10.6 Å². The SMILES string of the molecule is CC1(C)Cc2c(sc(NC(=O)c3ccc(Cl)s3)c2C#N)C(C)(C)[NH2+]1. The number of nitrogens with one attached hydrogen (secondary N) is 1. The van der Waals surface area contributed by atoms with Crippen molar-refractivity contribution in [2.75, 3.05) is 5.32 Å². The van der Waals surface area contributed by atoms with Crippen LogP contribution in [0.1, 0.15) is 53.4 Å². The van der Waals surface area contributed by atoms with E-state index in [0.29, 0.717) is 19.8 Å². The second-order valence-electron chi connectivity index (χ2n) is 7.31. The number of fused-ring (bicyclic) bond motifs is 1. The Kier molecular flexibility index (Phi) is 4.25. The molecule has 0 aromatic carbocycles. The second kappa shape index (κ2) is 5.85. The van der Waals surface area contributed by atoms with E-state index < -0.39 is 0 Å². The number of quaternary nitrogens is 1. The lowest BCUT2D eigenvalue weighted by Gasteiger charge is -2.38. The van der Waals surface area contributed by atoms with Crippen molar-refractivity contribution in [3.63, 3.8) is 0 Å². The fraction of sp³-hybridized carbons (Fsp3) is 0.412. The number of carbonyl (C=O) groups is 1. The molecule has 4 nitrogen and oxygen atoms in total. The molecule has 0 saturated carbocycles. The Hall–Kier alpha value is -1.39. The third-order valence-corrected chi connectivity index (χ3v) is 6.83. The molecule has 1 amide bonds. The molecule has 0 aliphatic carbocycles. The highest BCUT2D eigenvalue weighted by Crippen LogP contribution is 2.42. The first-order valence-corrected chi connectivity index (χ1v) is 9.64. The normalized spacial score (nSPS) is 17.8. The molecule has 3 rings (SSSR count). The smallest absolute Gasteiger partial charge is 0.266 e. The van der Waals surface area contributed by atoms with E-state index in [0.717, 1.165) is 16.9 Å². The number of thiophene rings is 2. The van der Waals surface area contributed by atoms with Gasteiger partial charge in [-0.2, -0.15) is 5.26 Å². The van der Waals surface area contributed by atoms with Gasteiger partial charge in [-0.05, 0) is 45.4 Å². The molecule has 0 atom stereocenters. The Morgan fingerprint density at radius 2 is 2.04 bits per heavy atom. The summed E-state index contributed by atoms with van der Waals surface area (Å²) in [6.07, 6.45) is 0.811. The fourth-order valence-electron chi connectivity index (χ4n) is 3.51. The van der Waals surface area contributed by atoms with Crippen LogP contribution in [0.4, 0.5) is 5.00 Å². The fourth-order valence-corrected chi connectivity index (χ4v) is 5.69. The quantitative estimate of drug-likeness (QED) is 0.833. The first-order chi connectivity index (χ1) is 11.1. The summed E-state index contributed by atoms with van der Waals surface area (Å²) in [5, 5.41) is 15.5. The van der Waals surface area contributed by atoms with Crippen LogP contribution in [0.15, 0.2) is 12.1 Å². The molecule has 0 saturated heterocycles. The van der Waals surface area contributed by atoms with Crippen molar-refractivity contribution in [2.45, 2.75) is 45.2 Å². The van der Waals surface area contributed by atoms with Crippen molar-refractivity contribution >= 4 is 45.2 Å². The van der Waals surface area contributed by atoms with Crippen molar-refractivity contribution in [2.24, 2.45) is 0 Å². The Balaban J connectivity index is 2.01. The summed E-state index contributed by atoms with van der Waals surface area (Å²) in [4.78, 5) is 14.1. The molecule has 24 heavy (non-hydrogen) atoms. The van der Waals surface area contributed by atoms with E-state index in [1.54, 1.807) is 12.1 Å². The minimum Gasteiger partial charge on any atom is -0.333 e. The standard InChI is InChI=1S/C17H18ClN3OS2/c1-16(2)7-9-10(8-19)15(24-13(9)17(3,4)21-16)20-14(22)11-5-6-12(18)23-11/h5-6,21H,7H2,1-4H3,(H,20,22)/p+1. The number of nitriles is 1. The lowest BCUT2D eigenvalue weighted by atomic mass is 9.81. The molecule has 7 heteroatoms. The Bertz CT molecular complexity index is 858. The van der Waals surface area contributed by atoms with Crippen LogP contribution in [-0.4, -0.2) is 11.4 Å². The van der Waals surface area contributed by atoms with Crippen LogP contribution in [0.2, 0.25) is 4.34 Å². The summed E-state index contributed by atoms with van der Waals surface area (Å²) < 4.78 is 0.573. The lowest BCUT2D eigenvalue weighted by molar-refractivity contribution is -0.789. The summed E-state index contributed by atoms with van der Waals surface area (Å²) in [6, 6.07) is 5.70. The van der Waals surface area contributed by atoms with Crippen LogP contribution in [0, 0.1) is 11.3 Å². The van der Waals surface area contributed by atoms with Crippen LogP contribution in [0.5, 0.6) is 0 Å². The number of amides is 1. The molecular weight excluding hydrogens is 362 g/mol. The first-order valence-electron chi connectivity index (χ1n) is 7.63. The molecule has 0 radical (unpaired) electrons. The number of rotatable bonds is 2. The van der Waals surface area contributed by atoms with E-state index in [9.17, 15) is 10.1 Å². The largest absolute Gasteiger partial charge is 0.333 e. The highest BCUT2D eigenvalue weighted by atomic mass is 35.5. The van der Waals surface area contributed by atoms with Crippen LogP contribution >= 0.6 is 34.3 Å². The van der Waals surface area contributed by atoms with Crippen molar-refractivity contribution < 1.29 is 10.1 Å². The zero-order chi connectivity index (χ0) is 17.7. The molecular formula is C17H19ClN3OS2+. The predicted molar refractivity (Wildman–Crippen MR) is 99.1 cm³/mol. The highest BCUT2D eigenvalue weighted by molar-refractivity contribution is 7.18. The number of anilines is 1. The van der Waals surface area contributed by atoms with Crippen LogP contribution in [-0.2, 0) is 12.0 Å². The van der Waals surface area contributed by atoms with E-state index in [2.05, 4.69) is 44.4 Å². The first kappa shape index (κ1) is 17.4. The molecule has 126 valence electrons. The molecule has 1 aliphatic rings. The van der Waals surface area contributed by atoms with Gasteiger partial charge in [0.15, 0.2) is 0 Å². The van der Waals surface area contributed by atoms with Crippen LogP contribution in [0.25, 0.3) is 0 Å². The second-order valence-corrected chi connectivity index (χ2v) is 10.1. The number of hydrogen-bond donors (Lipinski definition) is 2.